The van der Waals surface area contributed by atoms with Crippen molar-refractivity contribution in [2.24, 2.45) is 0 Å². The fraction of sp³-hybridized carbons (Fsp3) is 0.633. The second kappa shape index (κ2) is 14.9. The van der Waals surface area contributed by atoms with Crippen LogP contribution in [0.1, 0.15) is 90.6 Å². The first-order chi connectivity index (χ1) is 19.6. The Morgan fingerprint density at radius 2 is 1.78 bits per heavy atom. The third-order valence-electron chi connectivity index (χ3n) is 7.80. The zero-order chi connectivity index (χ0) is 30.2. The Kier molecular flexibility index (Phi) is 11.9. The lowest BCUT2D eigenvalue weighted by Crippen LogP contribution is -2.36. The van der Waals surface area contributed by atoms with E-state index < -0.39 is 10.0 Å². The molecular weight excluding hydrogens is 540 g/mol. The van der Waals surface area contributed by atoms with Crippen molar-refractivity contribution in [3.05, 3.63) is 40.1 Å². The molecule has 0 fully saturated rings. The number of rotatable bonds is 17. The number of hydrogen-bond donors (Lipinski definition) is 1. The molecule has 11 heteroatoms. The average molecular weight is 589 g/mol. The lowest BCUT2D eigenvalue weighted by Gasteiger charge is -2.23. The van der Waals surface area contributed by atoms with Crippen molar-refractivity contribution < 1.29 is 13.2 Å². The molecule has 0 bridgehead atoms. The van der Waals surface area contributed by atoms with Crippen molar-refractivity contribution in [2.45, 2.75) is 90.9 Å². The maximum Gasteiger partial charge on any atom is 0.277 e. The number of aromatic amines is 1. The van der Waals surface area contributed by atoms with Crippen LogP contribution in [0.4, 0.5) is 0 Å². The molecule has 0 aliphatic rings. The number of imidazole rings is 1. The summed E-state index contributed by atoms with van der Waals surface area (Å²) >= 11 is 0. The first-order valence-corrected chi connectivity index (χ1v) is 16.5. The Bertz CT molecular complexity index is 1450. The summed E-state index contributed by atoms with van der Waals surface area (Å²) in [6, 6.07) is 4.73. The quantitative estimate of drug-likeness (QED) is 0.215. The van der Waals surface area contributed by atoms with Crippen molar-refractivity contribution >= 4 is 15.5 Å². The van der Waals surface area contributed by atoms with E-state index >= 15 is 0 Å². The van der Waals surface area contributed by atoms with Gasteiger partial charge < -0.3 is 14.6 Å². The van der Waals surface area contributed by atoms with E-state index in [2.05, 4.69) is 37.6 Å². The van der Waals surface area contributed by atoms with Gasteiger partial charge in [-0.15, -0.1) is 5.10 Å². The van der Waals surface area contributed by atoms with Gasteiger partial charge in [-0.05, 0) is 58.0 Å². The Morgan fingerprint density at radius 3 is 2.41 bits per heavy atom. The highest BCUT2D eigenvalue weighted by Gasteiger charge is 2.25. The van der Waals surface area contributed by atoms with Crippen molar-refractivity contribution in [3.63, 3.8) is 0 Å². The van der Waals surface area contributed by atoms with Crippen LogP contribution in [-0.2, 0) is 10.0 Å². The van der Waals surface area contributed by atoms with Gasteiger partial charge in [0.1, 0.15) is 11.6 Å². The smallest absolute Gasteiger partial charge is 0.277 e. The van der Waals surface area contributed by atoms with Crippen molar-refractivity contribution in [3.8, 4) is 17.1 Å². The Morgan fingerprint density at radius 1 is 1.05 bits per heavy atom. The molecule has 0 saturated heterocycles. The highest BCUT2D eigenvalue weighted by Crippen LogP contribution is 2.32. The molecule has 0 aliphatic carbocycles. The van der Waals surface area contributed by atoms with E-state index in [-0.39, 0.29) is 22.2 Å². The number of sulfonamides is 1. The highest BCUT2D eigenvalue weighted by molar-refractivity contribution is 7.89. The molecule has 2 aromatic heterocycles. The summed E-state index contributed by atoms with van der Waals surface area (Å²) in [5.74, 6) is 1.62. The summed E-state index contributed by atoms with van der Waals surface area (Å²) in [7, 11) is -2.20. The lowest BCUT2D eigenvalue weighted by molar-refractivity contribution is 0.282. The predicted octanol–water partition coefficient (Wildman–Crippen LogP) is 5.22. The molecule has 0 radical (unpaired) electrons. The second-order valence-electron chi connectivity index (χ2n) is 10.5. The summed E-state index contributed by atoms with van der Waals surface area (Å²) in [5, 5.41) is 4.84. The molecule has 41 heavy (non-hydrogen) atoms. The fourth-order valence-corrected chi connectivity index (χ4v) is 6.36. The standard InChI is InChI=1S/C30H48N6O4S/c1-8-13-14-15-16-23(9-2)29-31-22(6)27-30(37)32-28(33-36(27)29)25-21-24(17-18-26(25)40-12-5)41(38,39)34(7)19-20-35(10-3)11-4/h17-18,21,23H,8-16,19-20H2,1-7H3,(H,32,33,37). The van der Waals surface area contributed by atoms with Crippen LogP contribution >= 0.6 is 0 Å². The number of benzene rings is 1. The minimum Gasteiger partial charge on any atom is -0.493 e. The van der Waals surface area contributed by atoms with E-state index in [4.69, 9.17) is 14.8 Å². The summed E-state index contributed by atoms with van der Waals surface area (Å²) in [6.45, 7) is 15.2. The number of likely N-dealkylation sites (N-methyl/N-ethyl adjacent to an activating group) is 2. The van der Waals surface area contributed by atoms with Crippen molar-refractivity contribution in [1.82, 2.24) is 28.8 Å². The normalized spacial score (nSPS) is 13.0. The van der Waals surface area contributed by atoms with Gasteiger partial charge in [-0.1, -0.05) is 53.4 Å². The second-order valence-corrected chi connectivity index (χ2v) is 12.6. The number of H-pyrrole nitrogens is 1. The van der Waals surface area contributed by atoms with Gasteiger partial charge in [0.25, 0.3) is 5.56 Å². The minimum atomic E-state index is -3.79. The van der Waals surface area contributed by atoms with Crippen LogP contribution in [0.2, 0.25) is 0 Å². The van der Waals surface area contributed by atoms with E-state index in [9.17, 15) is 13.2 Å². The summed E-state index contributed by atoms with van der Waals surface area (Å²) in [5.41, 5.74) is 1.13. The Balaban J connectivity index is 2.08. The first kappa shape index (κ1) is 32.8. The molecule has 10 nitrogen and oxygen atoms in total. The molecule has 1 unspecified atom stereocenters. The molecule has 1 atom stereocenters. The van der Waals surface area contributed by atoms with Crippen LogP contribution < -0.4 is 10.3 Å². The maximum absolute atomic E-state index is 13.5. The largest absolute Gasteiger partial charge is 0.493 e. The monoisotopic (exact) mass is 588 g/mol. The SMILES string of the molecule is CCCCCCC(CC)c1nc(C)c2c(=O)[nH]c(-c3cc(S(=O)(=O)N(C)CCN(CC)CC)ccc3OCC)nn12. The average Bonchev–Trinajstić information content (AvgIpc) is 3.30. The summed E-state index contributed by atoms with van der Waals surface area (Å²) < 4.78 is 36.0. The zero-order valence-corrected chi connectivity index (χ0v) is 26.7. The molecule has 3 aromatic rings. The van der Waals surface area contributed by atoms with Crippen LogP contribution in [0.25, 0.3) is 16.9 Å². The van der Waals surface area contributed by atoms with Crippen LogP contribution in [0, 0.1) is 6.92 Å². The van der Waals surface area contributed by atoms with Crippen molar-refractivity contribution in [1.29, 1.82) is 0 Å². The molecule has 1 N–H and O–H groups in total. The fourth-order valence-electron chi connectivity index (χ4n) is 5.17. The van der Waals surface area contributed by atoms with Gasteiger partial charge >= 0.3 is 0 Å². The molecule has 0 aliphatic heterocycles. The third-order valence-corrected chi connectivity index (χ3v) is 9.66. The molecule has 1 aromatic carbocycles. The summed E-state index contributed by atoms with van der Waals surface area (Å²) in [6.07, 6.45) is 6.47. The Labute approximate surface area is 245 Å². The van der Waals surface area contributed by atoms with E-state index in [1.807, 2.05) is 13.8 Å². The van der Waals surface area contributed by atoms with Gasteiger partial charge in [0.05, 0.1) is 22.8 Å². The molecule has 0 saturated carbocycles. The first-order valence-electron chi connectivity index (χ1n) is 15.1. The number of ether oxygens (including phenoxy) is 1. The maximum atomic E-state index is 13.5. The van der Waals surface area contributed by atoms with Crippen LogP contribution in [-0.4, -0.2) is 77.0 Å². The summed E-state index contributed by atoms with van der Waals surface area (Å²) in [4.78, 5) is 23.3. The zero-order valence-electron chi connectivity index (χ0n) is 25.9. The van der Waals surface area contributed by atoms with Crippen LogP contribution in [0.15, 0.2) is 27.9 Å². The molecule has 3 rings (SSSR count). The molecular formula is C30H48N6O4S. The van der Waals surface area contributed by atoms with Gasteiger partial charge in [-0.25, -0.2) is 17.9 Å². The van der Waals surface area contributed by atoms with E-state index in [1.54, 1.807) is 29.8 Å². The van der Waals surface area contributed by atoms with E-state index in [1.165, 1.54) is 17.1 Å². The predicted molar refractivity (Wildman–Crippen MR) is 164 cm³/mol. The number of hydrogen-bond acceptors (Lipinski definition) is 7. The number of aryl methyl sites for hydroxylation is 1. The van der Waals surface area contributed by atoms with E-state index in [0.717, 1.165) is 44.6 Å². The topological polar surface area (TPSA) is 113 Å². The number of nitrogens with one attached hydrogen (secondary N) is 1. The minimum absolute atomic E-state index is 0.116. The van der Waals surface area contributed by atoms with Gasteiger partial charge in [0.2, 0.25) is 10.0 Å². The van der Waals surface area contributed by atoms with Gasteiger partial charge in [-0.2, -0.15) is 4.31 Å². The van der Waals surface area contributed by atoms with Gasteiger partial charge in [0.15, 0.2) is 11.3 Å². The van der Waals surface area contributed by atoms with E-state index in [0.29, 0.717) is 42.2 Å². The number of unbranched alkanes of at least 4 members (excludes halogenated alkanes) is 3. The molecule has 0 amide bonds. The number of nitrogens with zero attached hydrogens (tertiary/aromatic N) is 5. The molecule has 2 heterocycles. The van der Waals surface area contributed by atoms with Gasteiger partial charge in [-0.3, -0.25) is 4.79 Å². The van der Waals surface area contributed by atoms with Gasteiger partial charge in [0, 0.05) is 26.1 Å². The Hall–Kier alpha value is -2.76. The van der Waals surface area contributed by atoms with Crippen LogP contribution in [0.5, 0.6) is 5.75 Å². The molecule has 0 spiro atoms. The highest BCUT2D eigenvalue weighted by atomic mass is 32.2. The third kappa shape index (κ3) is 7.55. The van der Waals surface area contributed by atoms with Crippen molar-refractivity contribution in [2.75, 3.05) is 39.8 Å². The number of fused-ring (bicyclic) bond motifs is 1. The van der Waals surface area contributed by atoms with Crippen LogP contribution in [0.3, 0.4) is 0 Å². The molecule has 228 valence electrons. The number of aromatic nitrogens is 4. The lowest BCUT2D eigenvalue weighted by atomic mass is 9.97.